The molecule has 0 unspecified atom stereocenters. The Morgan fingerprint density at radius 1 is 1.23 bits per heavy atom. The van der Waals surface area contributed by atoms with Crippen LogP contribution >= 0.6 is 11.5 Å². The van der Waals surface area contributed by atoms with E-state index in [1.165, 1.54) is 17.1 Å². The first kappa shape index (κ1) is 8.19. The van der Waals surface area contributed by atoms with E-state index in [2.05, 4.69) is 9.59 Å². The fourth-order valence-corrected chi connectivity index (χ4v) is 1.56. The molecule has 66 valence electrons. The van der Waals surface area contributed by atoms with Crippen LogP contribution in [0.2, 0.25) is 0 Å². The zero-order valence-electron chi connectivity index (χ0n) is 7.19. The molecule has 2 rings (SSSR count). The molecule has 0 spiro atoms. The first-order valence-corrected chi connectivity index (χ1v) is 4.69. The molecule has 0 fully saturated rings. The van der Waals surface area contributed by atoms with Crippen LogP contribution in [0.25, 0.3) is 11.3 Å². The van der Waals surface area contributed by atoms with Crippen molar-refractivity contribution in [2.75, 3.05) is 5.73 Å². The number of hydrogen-bond acceptors (Lipinski definition) is 4. The van der Waals surface area contributed by atoms with Crippen molar-refractivity contribution in [3.8, 4) is 11.3 Å². The summed E-state index contributed by atoms with van der Waals surface area (Å²) in [5.74, 6) is 0. The molecule has 0 saturated heterocycles. The number of nitrogens with zero attached hydrogens (tertiary/aromatic N) is 2. The number of nitrogens with two attached hydrogens (primary N) is 1. The molecular weight excluding hydrogens is 182 g/mol. The van der Waals surface area contributed by atoms with Gasteiger partial charge in [-0.15, -0.1) is 5.10 Å². The average Bonchev–Trinajstić information content (AvgIpc) is 2.53. The van der Waals surface area contributed by atoms with Gasteiger partial charge in [-0.2, -0.15) is 0 Å². The van der Waals surface area contributed by atoms with Gasteiger partial charge < -0.3 is 5.73 Å². The maximum absolute atomic E-state index is 5.70. The van der Waals surface area contributed by atoms with Crippen LogP contribution < -0.4 is 5.73 Å². The van der Waals surface area contributed by atoms with Gasteiger partial charge in [-0.25, -0.2) is 0 Å². The topological polar surface area (TPSA) is 51.8 Å². The van der Waals surface area contributed by atoms with Crippen molar-refractivity contribution in [2.45, 2.75) is 6.92 Å². The molecule has 0 aliphatic carbocycles. The fourth-order valence-electron chi connectivity index (χ4n) is 1.11. The number of aryl methyl sites for hydroxylation is 1. The summed E-state index contributed by atoms with van der Waals surface area (Å²) >= 11 is 1.22. The third-order valence-corrected chi connectivity index (χ3v) is 2.39. The molecule has 1 aromatic heterocycles. The Bertz CT molecular complexity index is 405. The molecule has 0 radical (unpaired) electrons. The van der Waals surface area contributed by atoms with E-state index in [4.69, 9.17) is 5.73 Å². The van der Waals surface area contributed by atoms with Crippen molar-refractivity contribution in [2.24, 2.45) is 0 Å². The molecule has 0 amide bonds. The third kappa shape index (κ3) is 1.53. The molecule has 2 N–H and O–H groups in total. The Morgan fingerprint density at radius 3 is 2.46 bits per heavy atom. The Labute approximate surface area is 80.4 Å². The van der Waals surface area contributed by atoms with Crippen LogP contribution in [0.5, 0.6) is 0 Å². The highest BCUT2D eigenvalue weighted by Gasteiger charge is 2.05. The highest BCUT2D eigenvalue weighted by Crippen LogP contribution is 2.25. The number of rotatable bonds is 1. The largest absolute Gasteiger partial charge is 0.387 e. The summed E-state index contributed by atoms with van der Waals surface area (Å²) in [7, 11) is 0. The number of anilines is 1. The lowest BCUT2D eigenvalue weighted by Gasteiger charge is -1.97. The predicted molar refractivity (Wildman–Crippen MR) is 54.5 cm³/mol. The highest BCUT2D eigenvalue weighted by atomic mass is 32.1. The van der Waals surface area contributed by atoms with Crippen molar-refractivity contribution in [3.63, 3.8) is 0 Å². The van der Waals surface area contributed by atoms with Crippen LogP contribution in [0.3, 0.4) is 0 Å². The molecule has 0 atom stereocenters. The van der Waals surface area contributed by atoms with E-state index in [9.17, 15) is 0 Å². The molecule has 2 aromatic rings. The second-order valence-electron chi connectivity index (χ2n) is 2.85. The normalized spacial score (nSPS) is 10.2. The van der Waals surface area contributed by atoms with E-state index in [0.717, 1.165) is 11.3 Å². The zero-order chi connectivity index (χ0) is 9.26. The number of aromatic nitrogens is 2. The Hall–Kier alpha value is -1.42. The average molecular weight is 191 g/mol. The third-order valence-electron chi connectivity index (χ3n) is 1.84. The van der Waals surface area contributed by atoms with Crippen molar-refractivity contribution in [1.82, 2.24) is 9.59 Å². The summed E-state index contributed by atoms with van der Waals surface area (Å²) < 4.78 is 3.79. The van der Waals surface area contributed by atoms with E-state index in [-0.39, 0.29) is 0 Å². The molecule has 0 aliphatic rings. The van der Waals surface area contributed by atoms with Crippen molar-refractivity contribution < 1.29 is 0 Å². The van der Waals surface area contributed by atoms with E-state index >= 15 is 0 Å². The summed E-state index contributed by atoms with van der Waals surface area (Å²) in [5.41, 5.74) is 8.74. The molecule has 1 aromatic carbocycles. The Kier molecular flexibility index (Phi) is 1.98. The predicted octanol–water partition coefficient (Wildman–Crippen LogP) is 2.10. The minimum Gasteiger partial charge on any atom is -0.387 e. The molecule has 13 heavy (non-hydrogen) atoms. The summed E-state index contributed by atoms with van der Waals surface area (Å²) in [6, 6.07) is 8.08. The van der Waals surface area contributed by atoms with Gasteiger partial charge in [-0.1, -0.05) is 34.3 Å². The van der Waals surface area contributed by atoms with Gasteiger partial charge in [0.2, 0.25) is 0 Å². The lowest BCUT2D eigenvalue weighted by molar-refractivity contribution is 1.16. The number of benzene rings is 1. The smallest absolute Gasteiger partial charge is 0.135 e. The summed E-state index contributed by atoms with van der Waals surface area (Å²) in [6.07, 6.45) is 0. The van der Waals surface area contributed by atoms with Crippen LogP contribution in [-0.2, 0) is 0 Å². The first-order valence-electron chi connectivity index (χ1n) is 3.92. The second kappa shape index (κ2) is 3.14. The van der Waals surface area contributed by atoms with Gasteiger partial charge in [-0.3, -0.25) is 0 Å². The van der Waals surface area contributed by atoms with Crippen LogP contribution in [0.15, 0.2) is 24.3 Å². The summed E-state index contributed by atoms with van der Waals surface area (Å²) in [6.45, 7) is 2.05. The van der Waals surface area contributed by atoms with Crippen LogP contribution in [0, 0.1) is 6.92 Å². The summed E-state index contributed by atoms with van der Waals surface area (Å²) in [5, 5.41) is 4.63. The maximum atomic E-state index is 5.70. The van der Waals surface area contributed by atoms with Gasteiger partial charge in [0, 0.05) is 17.1 Å². The molecular formula is C9H9N3S. The molecule has 4 heteroatoms. The number of nitrogen functional groups attached to an aromatic ring is 1. The lowest BCUT2D eigenvalue weighted by atomic mass is 10.1. The van der Waals surface area contributed by atoms with Gasteiger partial charge in [0.1, 0.15) is 10.7 Å². The van der Waals surface area contributed by atoms with Crippen LogP contribution in [-0.4, -0.2) is 9.59 Å². The highest BCUT2D eigenvalue weighted by molar-refractivity contribution is 7.10. The minimum absolute atomic E-state index is 0.670. The van der Waals surface area contributed by atoms with E-state index in [1.807, 2.05) is 31.2 Å². The van der Waals surface area contributed by atoms with Crippen molar-refractivity contribution in [1.29, 1.82) is 0 Å². The van der Waals surface area contributed by atoms with Gasteiger partial charge in [0.15, 0.2) is 0 Å². The second-order valence-corrected chi connectivity index (χ2v) is 3.64. The van der Waals surface area contributed by atoms with Gasteiger partial charge in [0.05, 0.1) is 0 Å². The Balaban J connectivity index is 2.47. The first-order chi connectivity index (χ1) is 6.27. The van der Waals surface area contributed by atoms with Gasteiger partial charge in [-0.05, 0) is 6.92 Å². The van der Waals surface area contributed by atoms with Crippen LogP contribution in [0.1, 0.15) is 5.56 Å². The zero-order valence-corrected chi connectivity index (χ0v) is 8.01. The van der Waals surface area contributed by atoms with Crippen molar-refractivity contribution >= 4 is 16.5 Å². The maximum Gasteiger partial charge on any atom is 0.135 e. The van der Waals surface area contributed by atoms with Crippen molar-refractivity contribution in [3.05, 3.63) is 29.8 Å². The Morgan fingerprint density at radius 2 is 1.92 bits per heavy atom. The standard InChI is InChI=1S/C9H9N3S/c1-6-2-4-7(5-3-6)8-9(10)13-12-11-8/h2-5H,10H2,1H3. The molecule has 0 bridgehead atoms. The minimum atomic E-state index is 0.670. The van der Waals surface area contributed by atoms with E-state index < -0.39 is 0 Å². The quantitative estimate of drug-likeness (QED) is 0.751. The summed E-state index contributed by atoms with van der Waals surface area (Å²) in [4.78, 5) is 0. The van der Waals surface area contributed by atoms with E-state index in [0.29, 0.717) is 5.00 Å². The molecule has 0 saturated carbocycles. The fraction of sp³-hybridized carbons (Fsp3) is 0.111. The van der Waals surface area contributed by atoms with Crippen LogP contribution in [0.4, 0.5) is 5.00 Å². The molecule has 0 aliphatic heterocycles. The monoisotopic (exact) mass is 191 g/mol. The number of hydrogen-bond donors (Lipinski definition) is 1. The van der Waals surface area contributed by atoms with Gasteiger partial charge in [0.25, 0.3) is 0 Å². The SMILES string of the molecule is Cc1ccc(-c2nnsc2N)cc1. The van der Waals surface area contributed by atoms with Gasteiger partial charge >= 0.3 is 0 Å². The molecule has 1 heterocycles. The molecule has 3 nitrogen and oxygen atoms in total. The van der Waals surface area contributed by atoms with E-state index in [1.54, 1.807) is 0 Å². The lowest BCUT2D eigenvalue weighted by Crippen LogP contribution is -1.85.